The monoisotopic (exact) mass is 211 g/mol. The summed E-state index contributed by atoms with van der Waals surface area (Å²) in [5, 5.41) is 11.3. The maximum absolute atomic E-state index is 11.3. The molecule has 1 rings (SSSR count). The van der Waals surface area contributed by atoms with E-state index in [2.05, 4.69) is 34.6 Å². The van der Waals surface area contributed by atoms with Crippen LogP contribution in [0.4, 0.5) is 0 Å². The Bertz CT molecular complexity index is 192. The molecule has 0 aromatic rings. The Kier molecular flexibility index (Phi) is 3.86. The topological polar surface area (TPSA) is 19.9 Å². The van der Waals surface area contributed by atoms with Crippen LogP contribution in [0.25, 0.3) is 0 Å². The zero-order valence-corrected chi connectivity index (χ0v) is 11.1. The SMILES string of the molecule is CC(C)(C)CC(C)(C)[C@H]1CC[C@@H]([O])CC1. The summed E-state index contributed by atoms with van der Waals surface area (Å²) < 4.78 is 0. The molecule has 0 unspecified atom stereocenters. The molecule has 1 radical (unpaired) electrons. The first-order valence-electron chi connectivity index (χ1n) is 6.36. The van der Waals surface area contributed by atoms with Crippen molar-refractivity contribution in [1.82, 2.24) is 0 Å². The summed E-state index contributed by atoms with van der Waals surface area (Å²) in [6.07, 6.45) is 5.09. The molecule has 0 amide bonds. The lowest BCUT2D eigenvalue weighted by Gasteiger charge is -2.41. The van der Waals surface area contributed by atoms with Gasteiger partial charge in [0.15, 0.2) is 0 Å². The van der Waals surface area contributed by atoms with Crippen LogP contribution in [0, 0.1) is 16.7 Å². The first kappa shape index (κ1) is 13.0. The predicted molar refractivity (Wildman–Crippen MR) is 64.3 cm³/mol. The van der Waals surface area contributed by atoms with E-state index >= 15 is 0 Å². The fourth-order valence-electron chi connectivity index (χ4n) is 3.36. The average molecular weight is 211 g/mol. The van der Waals surface area contributed by atoms with Gasteiger partial charge < -0.3 is 0 Å². The fraction of sp³-hybridized carbons (Fsp3) is 1.00. The summed E-state index contributed by atoms with van der Waals surface area (Å²) in [7, 11) is 0. The van der Waals surface area contributed by atoms with Crippen molar-refractivity contribution >= 4 is 0 Å². The molecule has 1 nitrogen and oxygen atoms in total. The largest absolute Gasteiger partial charge is 0.233 e. The minimum Gasteiger partial charge on any atom is -0.233 e. The molecule has 1 heteroatoms. The molecule has 0 heterocycles. The second-order valence-electron chi connectivity index (χ2n) is 7.20. The third-order valence-corrected chi connectivity index (χ3v) is 3.77. The van der Waals surface area contributed by atoms with Gasteiger partial charge in [-0.2, -0.15) is 0 Å². The minimum atomic E-state index is -0.272. The predicted octanol–water partition coefficient (Wildman–Crippen LogP) is 4.44. The van der Waals surface area contributed by atoms with Crippen LogP contribution in [0.15, 0.2) is 0 Å². The molecule has 89 valence electrons. The highest BCUT2D eigenvalue weighted by atomic mass is 16.3. The number of hydrogen-bond donors (Lipinski definition) is 0. The van der Waals surface area contributed by atoms with E-state index in [9.17, 15) is 5.11 Å². The van der Waals surface area contributed by atoms with E-state index in [1.807, 2.05) is 0 Å². The zero-order chi connectivity index (χ0) is 11.7. The van der Waals surface area contributed by atoms with Gasteiger partial charge in [0, 0.05) is 0 Å². The minimum absolute atomic E-state index is 0.272. The molecule has 1 fully saturated rings. The van der Waals surface area contributed by atoms with Crippen LogP contribution < -0.4 is 0 Å². The van der Waals surface area contributed by atoms with Gasteiger partial charge in [0.2, 0.25) is 0 Å². The molecule has 1 aliphatic carbocycles. The van der Waals surface area contributed by atoms with Crippen LogP contribution in [-0.2, 0) is 5.11 Å². The molecule has 0 saturated heterocycles. The van der Waals surface area contributed by atoms with Gasteiger partial charge in [-0.15, -0.1) is 0 Å². The van der Waals surface area contributed by atoms with Gasteiger partial charge in [-0.05, 0) is 48.9 Å². The Labute approximate surface area is 95.3 Å². The number of hydrogen-bond acceptors (Lipinski definition) is 0. The Hall–Kier alpha value is -0.0400. The van der Waals surface area contributed by atoms with Crippen LogP contribution in [0.3, 0.4) is 0 Å². The second-order valence-corrected chi connectivity index (χ2v) is 7.20. The molecule has 0 aliphatic heterocycles. The van der Waals surface area contributed by atoms with E-state index in [0.717, 1.165) is 31.6 Å². The van der Waals surface area contributed by atoms with Crippen molar-refractivity contribution in [3.05, 3.63) is 0 Å². The standard InChI is InChI=1S/C14H27O/c1-13(2,3)10-14(4,5)11-6-8-12(15)9-7-11/h11-12H,6-10H2,1-5H3/t11-,12+. The molecule has 0 aromatic carbocycles. The lowest BCUT2D eigenvalue weighted by molar-refractivity contribution is 0.00921. The third kappa shape index (κ3) is 4.14. The van der Waals surface area contributed by atoms with Crippen molar-refractivity contribution in [2.45, 2.75) is 72.8 Å². The van der Waals surface area contributed by atoms with Gasteiger partial charge in [-0.3, -0.25) is 0 Å². The average Bonchev–Trinajstić information content (AvgIpc) is 2.00. The Morgan fingerprint density at radius 3 is 1.80 bits per heavy atom. The van der Waals surface area contributed by atoms with E-state index in [1.54, 1.807) is 0 Å². The first-order valence-corrected chi connectivity index (χ1v) is 6.36. The van der Waals surface area contributed by atoms with Crippen LogP contribution in [0.2, 0.25) is 0 Å². The first-order chi connectivity index (χ1) is 6.71. The molecule has 0 N–H and O–H groups in total. The van der Waals surface area contributed by atoms with E-state index in [1.165, 1.54) is 6.42 Å². The Morgan fingerprint density at radius 1 is 0.933 bits per heavy atom. The highest BCUT2D eigenvalue weighted by Gasteiger charge is 2.35. The maximum atomic E-state index is 11.3. The lowest BCUT2D eigenvalue weighted by atomic mass is 9.64. The molecule has 0 bridgehead atoms. The summed E-state index contributed by atoms with van der Waals surface area (Å²) in [6.45, 7) is 11.7. The molecule has 1 saturated carbocycles. The van der Waals surface area contributed by atoms with Gasteiger partial charge in [0.1, 0.15) is 0 Å². The Morgan fingerprint density at radius 2 is 1.40 bits per heavy atom. The van der Waals surface area contributed by atoms with Gasteiger partial charge in [0.25, 0.3) is 0 Å². The maximum Gasteiger partial charge on any atom is 0.0930 e. The summed E-state index contributed by atoms with van der Waals surface area (Å²) >= 11 is 0. The quantitative estimate of drug-likeness (QED) is 0.643. The summed E-state index contributed by atoms with van der Waals surface area (Å²) in [5.74, 6) is 0.766. The Balaban J connectivity index is 2.54. The van der Waals surface area contributed by atoms with Gasteiger partial charge in [-0.25, -0.2) is 5.11 Å². The van der Waals surface area contributed by atoms with Crippen LogP contribution in [-0.4, -0.2) is 6.10 Å². The van der Waals surface area contributed by atoms with Crippen molar-refractivity contribution in [3.63, 3.8) is 0 Å². The fourth-order valence-corrected chi connectivity index (χ4v) is 3.36. The molecular formula is C14H27O. The second kappa shape index (κ2) is 4.45. The molecule has 15 heavy (non-hydrogen) atoms. The van der Waals surface area contributed by atoms with Crippen molar-refractivity contribution in [2.75, 3.05) is 0 Å². The smallest absolute Gasteiger partial charge is 0.0930 e. The van der Waals surface area contributed by atoms with E-state index in [0.29, 0.717) is 10.8 Å². The third-order valence-electron chi connectivity index (χ3n) is 3.77. The molecule has 0 spiro atoms. The number of rotatable bonds is 2. The molecule has 0 atom stereocenters. The van der Waals surface area contributed by atoms with Gasteiger partial charge in [-0.1, -0.05) is 34.6 Å². The summed E-state index contributed by atoms with van der Waals surface area (Å²) in [5.41, 5.74) is 0.802. The van der Waals surface area contributed by atoms with E-state index in [4.69, 9.17) is 0 Å². The lowest BCUT2D eigenvalue weighted by Crippen LogP contribution is -2.32. The van der Waals surface area contributed by atoms with Crippen molar-refractivity contribution < 1.29 is 5.11 Å². The van der Waals surface area contributed by atoms with E-state index in [-0.39, 0.29) is 6.10 Å². The van der Waals surface area contributed by atoms with Crippen LogP contribution in [0.5, 0.6) is 0 Å². The van der Waals surface area contributed by atoms with Gasteiger partial charge >= 0.3 is 0 Å². The highest BCUT2D eigenvalue weighted by molar-refractivity contribution is 4.86. The van der Waals surface area contributed by atoms with Crippen LogP contribution in [0.1, 0.15) is 66.7 Å². The van der Waals surface area contributed by atoms with Crippen molar-refractivity contribution in [2.24, 2.45) is 16.7 Å². The molecular weight excluding hydrogens is 184 g/mol. The summed E-state index contributed by atoms with van der Waals surface area (Å²) in [4.78, 5) is 0. The zero-order valence-electron chi connectivity index (χ0n) is 11.1. The van der Waals surface area contributed by atoms with Crippen molar-refractivity contribution in [3.8, 4) is 0 Å². The van der Waals surface area contributed by atoms with Gasteiger partial charge in [0.05, 0.1) is 6.10 Å². The highest BCUT2D eigenvalue weighted by Crippen LogP contribution is 2.45. The normalized spacial score (nSPS) is 29.2. The van der Waals surface area contributed by atoms with Crippen molar-refractivity contribution in [1.29, 1.82) is 0 Å². The molecule has 1 aliphatic rings. The van der Waals surface area contributed by atoms with Crippen LogP contribution >= 0.6 is 0 Å². The summed E-state index contributed by atoms with van der Waals surface area (Å²) in [6, 6.07) is 0. The van der Waals surface area contributed by atoms with E-state index < -0.39 is 0 Å². The molecule has 0 aromatic heterocycles.